The second kappa shape index (κ2) is 6.45. The van der Waals surface area contributed by atoms with Crippen LogP contribution in [0.25, 0.3) is 0 Å². The van der Waals surface area contributed by atoms with Gasteiger partial charge in [0.1, 0.15) is 0 Å². The molecule has 0 aromatic heterocycles. The Labute approximate surface area is 105 Å². The van der Waals surface area contributed by atoms with E-state index in [-0.39, 0.29) is 10.9 Å². The molecule has 0 bridgehead atoms. The van der Waals surface area contributed by atoms with Crippen LogP contribution < -0.4 is 11.2 Å². The van der Waals surface area contributed by atoms with E-state index in [9.17, 15) is 13.9 Å². The second-order valence-corrected chi connectivity index (χ2v) is 3.62. The summed E-state index contributed by atoms with van der Waals surface area (Å²) in [5.74, 6) is 4.76. The van der Waals surface area contributed by atoms with E-state index in [0.717, 1.165) is 0 Å². The first kappa shape index (κ1) is 13.8. The van der Waals surface area contributed by atoms with Crippen LogP contribution in [0.15, 0.2) is 28.5 Å². The monoisotopic (exact) mass is 308 g/mol. The van der Waals surface area contributed by atoms with Crippen molar-refractivity contribution in [3.8, 4) is 0 Å². The summed E-state index contributed by atoms with van der Waals surface area (Å²) in [5, 5.41) is 18.1. The van der Waals surface area contributed by atoms with Gasteiger partial charge in [-0.15, -0.1) is 5.11 Å². The van der Waals surface area contributed by atoms with E-state index in [1.54, 1.807) is 6.07 Å². The number of halogens is 3. The van der Waals surface area contributed by atoms with E-state index in [4.69, 9.17) is 5.84 Å². The average molecular weight is 309 g/mol. The Morgan fingerprint density at radius 1 is 1.47 bits per heavy atom. The molecule has 0 aliphatic rings. The largest absolute Gasteiger partial charge is 0.354 e. The lowest BCUT2D eigenvalue weighted by Crippen LogP contribution is -2.17. The smallest absolute Gasteiger partial charge is 0.264 e. The fourth-order valence-corrected chi connectivity index (χ4v) is 1.95. The van der Waals surface area contributed by atoms with Crippen molar-refractivity contribution >= 4 is 21.6 Å². The van der Waals surface area contributed by atoms with Crippen LogP contribution in [-0.4, -0.2) is 11.5 Å². The average Bonchev–Trinajstić information content (AvgIpc) is 2.28. The molecule has 0 aliphatic carbocycles. The van der Waals surface area contributed by atoms with Crippen LogP contribution in [0.3, 0.4) is 0 Å². The molecule has 8 heteroatoms. The molecule has 5 nitrogen and oxygen atoms in total. The normalized spacial score (nSPS) is 13.2. The molecule has 0 aliphatic heterocycles. The van der Waals surface area contributed by atoms with Crippen molar-refractivity contribution < 1.29 is 13.9 Å². The highest BCUT2D eigenvalue weighted by atomic mass is 79.9. The van der Waals surface area contributed by atoms with Gasteiger partial charge in [-0.25, -0.2) is 8.78 Å². The Balaban J connectivity index is 3.03. The summed E-state index contributed by atoms with van der Waals surface area (Å²) in [7, 11) is 0. The first-order chi connectivity index (χ1) is 8.10. The third kappa shape index (κ3) is 3.60. The van der Waals surface area contributed by atoms with Crippen LogP contribution in [0.5, 0.6) is 0 Å². The molecule has 0 fully saturated rings. The lowest BCUT2D eigenvalue weighted by atomic mass is 10.1. The van der Waals surface area contributed by atoms with Crippen molar-refractivity contribution in [2.75, 3.05) is 5.32 Å². The minimum atomic E-state index is -2.59. The van der Waals surface area contributed by atoms with E-state index < -0.39 is 12.8 Å². The van der Waals surface area contributed by atoms with Crippen LogP contribution in [0, 0.1) is 0 Å². The third-order valence-corrected chi connectivity index (χ3v) is 2.60. The Kier molecular flexibility index (Phi) is 5.23. The highest BCUT2D eigenvalue weighted by Gasteiger charge is 2.16. The lowest BCUT2D eigenvalue weighted by molar-refractivity contribution is 0.150. The summed E-state index contributed by atoms with van der Waals surface area (Å²) >= 11 is 3.12. The van der Waals surface area contributed by atoms with Gasteiger partial charge in [0, 0.05) is 16.6 Å². The van der Waals surface area contributed by atoms with Gasteiger partial charge in [0.25, 0.3) is 6.43 Å². The van der Waals surface area contributed by atoms with E-state index in [1.165, 1.54) is 12.1 Å². The molecule has 1 rings (SSSR count). The summed E-state index contributed by atoms with van der Waals surface area (Å²) in [6, 6.07) is 4.34. The maximum atomic E-state index is 12.7. The second-order valence-electron chi connectivity index (χ2n) is 3.06. The van der Waals surface area contributed by atoms with Crippen LogP contribution in [0.1, 0.15) is 17.6 Å². The van der Waals surface area contributed by atoms with Crippen molar-refractivity contribution in [1.29, 1.82) is 0 Å². The minimum absolute atomic E-state index is 0.108. The number of rotatable bonds is 5. The van der Waals surface area contributed by atoms with Gasteiger partial charge in [-0.1, -0.05) is 33.3 Å². The molecule has 4 N–H and O–H groups in total. The van der Waals surface area contributed by atoms with Crippen LogP contribution >= 0.6 is 15.9 Å². The molecular weight excluding hydrogens is 298 g/mol. The number of nitrogens with two attached hydrogens (primary N) is 1. The summed E-state index contributed by atoms with van der Waals surface area (Å²) in [6.07, 6.45) is -3.96. The van der Waals surface area contributed by atoms with Gasteiger partial charge in [-0.2, -0.15) is 0 Å². The maximum absolute atomic E-state index is 12.7. The fraction of sp³-hybridized carbons (Fsp3) is 0.333. The summed E-state index contributed by atoms with van der Waals surface area (Å²) in [5.41, 5.74) is 0.595. The molecule has 0 saturated carbocycles. The summed E-state index contributed by atoms with van der Waals surface area (Å²) < 4.78 is 25.4. The molecule has 1 aromatic carbocycles. The zero-order valence-corrected chi connectivity index (χ0v) is 10.2. The molecule has 0 heterocycles. The quantitative estimate of drug-likeness (QED) is 0.257. The van der Waals surface area contributed by atoms with Gasteiger partial charge >= 0.3 is 0 Å². The first-order valence-electron chi connectivity index (χ1n) is 4.60. The molecule has 1 atom stereocenters. The number of aliphatic hydroxyl groups is 1. The number of anilines is 1. The van der Waals surface area contributed by atoms with E-state index in [1.807, 2.05) is 0 Å². The van der Waals surface area contributed by atoms with Gasteiger partial charge in [0.2, 0.25) is 6.35 Å². The van der Waals surface area contributed by atoms with Crippen molar-refractivity contribution in [2.24, 2.45) is 16.2 Å². The zero-order chi connectivity index (χ0) is 12.8. The highest BCUT2D eigenvalue weighted by molar-refractivity contribution is 9.08. The Morgan fingerprint density at radius 3 is 2.71 bits per heavy atom. The standard InChI is InChI=1S/C9H11BrF2N4O/c10-4-6-5(8(11)12)2-1-3-7(6)14-9(17)15-16-13/h1-3,8-9,14,17H,4H2,(H2,13,15). The topological polar surface area (TPSA) is 83.0 Å². The highest BCUT2D eigenvalue weighted by Crippen LogP contribution is 2.30. The van der Waals surface area contributed by atoms with Gasteiger partial charge in [-0.05, 0) is 11.6 Å². The summed E-state index contributed by atoms with van der Waals surface area (Å²) in [4.78, 5) is 0. The van der Waals surface area contributed by atoms with Crippen LogP contribution in [-0.2, 0) is 5.33 Å². The van der Waals surface area contributed by atoms with Crippen LogP contribution in [0.4, 0.5) is 14.5 Å². The van der Waals surface area contributed by atoms with Crippen molar-refractivity contribution in [1.82, 2.24) is 0 Å². The summed E-state index contributed by atoms with van der Waals surface area (Å²) in [6.45, 7) is 0. The molecule has 0 amide bonds. The molecular formula is C9H11BrF2N4O. The van der Waals surface area contributed by atoms with Crippen molar-refractivity contribution in [3.63, 3.8) is 0 Å². The van der Waals surface area contributed by atoms with Gasteiger partial charge in [-0.3, -0.25) is 0 Å². The third-order valence-electron chi connectivity index (χ3n) is 2.04. The Morgan fingerprint density at radius 2 is 2.18 bits per heavy atom. The molecule has 94 valence electrons. The predicted octanol–water partition coefficient (Wildman–Crippen LogP) is 2.53. The number of nitrogens with zero attached hydrogens (tertiary/aromatic N) is 2. The number of alkyl halides is 3. The van der Waals surface area contributed by atoms with Gasteiger partial charge < -0.3 is 16.3 Å². The SMILES string of the molecule is NN=NC(O)Nc1cccc(C(F)F)c1CBr. The Hall–Kier alpha value is -1.28. The maximum Gasteiger partial charge on any atom is 0.264 e. The number of hydrogen-bond donors (Lipinski definition) is 3. The van der Waals surface area contributed by atoms with E-state index >= 15 is 0 Å². The minimum Gasteiger partial charge on any atom is -0.354 e. The zero-order valence-electron chi connectivity index (χ0n) is 8.65. The van der Waals surface area contributed by atoms with Crippen LogP contribution in [0.2, 0.25) is 0 Å². The number of aliphatic hydroxyl groups excluding tert-OH is 1. The fourth-order valence-electron chi connectivity index (χ4n) is 1.32. The molecule has 0 spiro atoms. The van der Waals surface area contributed by atoms with Gasteiger partial charge in [0.05, 0.1) is 0 Å². The van der Waals surface area contributed by atoms with E-state index in [0.29, 0.717) is 11.3 Å². The first-order valence-corrected chi connectivity index (χ1v) is 5.72. The van der Waals surface area contributed by atoms with E-state index in [2.05, 4.69) is 31.6 Å². The lowest BCUT2D eigenvalue weighted by Gasteiger charge is -2.15. The Bertz CT molecular complexity index is 403. The van der Waals surface area contributed by atoms with Gasteiger partial charge in [0.15, 0.2) is 0 Å². The molecule has 0 saturated heterocycles. The number of hydrogen-bond acceptors (Lipinski definition) is 4. The van der Waals surface area contributed by atoms with Crippen molar-refractivity contribution in [3.05, 3.63) is 29.3 Å². The number of nitrogens with one attached hydrogen (secondary N) is 1. The molecule has 1 unspecified atom stereocenters. The predicted molar refractivity (Wildman–Crippen MR) is 62.7 cm³/mol. The number of benzene rings is 1. The van der Waals surface area contributed by atoms with Crippen molar-refractivity contribution in [2.45, 2.75) is 18.1 Å². The molecule has 17 heavy (non-hydrogen) atoms. The molecule has 1 aromatic rings. The molecule has 0 radical (unpaired) electrons.